The smallest absolute Gasteiger partial charge is 0.0786 e. The summed E-state index contributed by atoms with van der Waals surface area (Å²) in [5.41, 5.74) is 6.43. The Morgan fingerprint density at radius 2 is 1.59 bits per heavy atom. The quantitative estimate of drug-likeness (QED) is 0.344. The number of aryl methyl sites for hydroxylation is 2. The van der Waals surface area contributed by atoms with E-state index in [2.05, 4.69) is 68.4 Å². The van der Waals surface area contributed by atoms with Gasteiger partial charge in [-0.15, -0.1) is 0 Å². The Morgan fingerprint density at radius 3 is 2.37 bits per heavy atom. The van der Waals surface area contributed by atoms with Crippen molar-refractivity contribution in [3.8, 4) is 11.3 Å². The standard InChI is InChI=1S/C26H25N/c1-17-14-18(2)16-21(15-17)26-25-20(12-13-27-26)10-11-23-22(8-5-9-24(23)25)19-6-3-4-7-19/h5,8-16,19H,3-4,6-7H2,1-2H3. The second kappa shape index (κ2) is 6.49. The Kier molecular flexibility index (Phi) is 3.97. The van der Waals surface area contributed by atoms with Gasteiger partial charge in [0.1, 0.15) is 0 Å². The van der Waals surface area contributed by atoms with Gasteiger partial charge in [0.2, 0.25) is 0 Å². The Bertz CT molecular complexity index is 1130. The van der Waals surface area contributed by atoms with Gasteiger partial charge < -0.3 is 0 Å². The molecular weight excluding hydrogens is 326 g/mol. The number of fused-ring (bicyclic) bond motifs is 3. The van der Waals surface area contributed by atoms with Gasteiger partial charge >= 0.3 is 0 Å². The summed E-state index contributed by atoms with van der Waals surface area (Å²) < 4.78 is 0. The van der Waals surface area contributed by atoms with Gasteiger partial charge in [-0.3, -0.25) is 4.98 Å². The average Bonchev–Trinajstić information content (AvgIpc) is 3.20. The van der Waals surface area contributed by atoms with Crippen molar-refractivity contribution in [1.29, 1.82) is 0 Å². The number of rotatable bonds is 2. The average molecular weight is 351 g/mol. The summed E-state index contributed by atoms with van der Waals surface area (Å²) in [4.78, 5) is 4.84. The molecule has 0 amide bonds. The van der Waals surface area contributed by atoms with E-state index < -0.39 is 0 Å². The van der Waals surface area contributed by atoms with Gasteiger partial charge in [0.05, 0.1) is 5.69 Å². The molecule has 0 unspecified atom stereocenters. The van der Waals surface area contributed by atoms with E-state index in [9.17, 15) is 0 Å². The largest absolute Gasteiger partial charge is 0.256 e. The maximum absolute atomic E-state index is 4.84. The Balaban J connectivity index is 1.83. The summed E-state index contributed by atoms with van der Waals surface area (Å²) in [5.74, 6) is 0.715. The van der Waals surface area contributed by atoms with Crippen LogP contribution in [0.5, 0.6) is 0 Å². The van der Waals surface area contributed by atoms with Gasteiger partial charge in [-0.1, -0.05) is 60.4 Å². The van der Waals surface area contributed by atoms with Crippen LogP contribution in [0.15, 0.2) is 60.8 Å². The van der Waals surface area contributed by atoms with Crippen molar-refractivity contribution in [1.82, 2.24) is 4.98 Å². The van der Waals surface area contributed by atoms with Crippen LogP contribution < -0.4 is 0 Å². The highest BCUT2D eigenvalue weighted by molar-refractivity contribution is 6.14. The number of aromatic nitrogens is 1. The van der Waals surface area contributed by atoms with E-state index in [-0.39, 0.29) is 0 Å². The predicted molar refractivity (Wildman–Crippen MR) is 115 cm³/mol. The first-order valence-electron chi connectivity index (χ1n) is 10.1. The summed E-state index contributed by atoms with van der Waals surface area (Å²) in [6.07, 6.45) is 7.33. The van der Waals surface area contributed by atoms with Crippen LogP contribution in [0, 0.1) is 13.8 Å². The van der Waals surface area contributed by atoms with Crippen LogP contribution in [0.2, 0.25) is 0 Å². The topological polar surface area (TPSA) is 12.9 Å². The number of hydrogen-bond acceptors (Lipinski definition) is 1. The SMILES string of the molecule is Cc1cc(C)cc(-c2nccc3ccc4c(C5CCCC5)cccc4c23)c1. The van der Waals surface area contributed by atoms with E-state index in [0.717, 1.165) is 5.69 Å². The van der Waals surface area contributed by atoms with Crippen LogP contribution in [-0.2, 0) is 0 Å². The highest BCUT2D eigenvalue weighted by atomic mass is 14.7. The molecule has 0 aliphatic heterocycles. The minimum Gasteiger partial charge on any atom is -0.256 e. The fourth-order valence-electron chi connectivity index (χ4n) is 4.98. The lowest BCUT2D eigenvalue weighted by molar-refractivity contribution is 0.729. The summed E-state index contributed by atoms with van der Waals surface area (Å²) in [7, 11) is 0. The first-order chi connectivity index (χ1) is 13.2. The lowest BCUT2D eigenvalue weighted by atomic mass is 9.89. The number of pyridine rings is 1. The molecule has 0 saturated heterocycles. The van der Waals surface area contributed by atoms with E-state index in [4.69, 9.17) is 4.98 Å². The van der Waals surface area contributed by atoms with Crippen LogP contribution in [0.3, 0.4) is 0 Å². The molecule has 0 bridgehead atoms. The Labute approximate surface area is 161 Å². The molecule has 0 N–H and O–H groups in total. The van der Waals surface area contributed by atoms with Gasteiger partial charge in [-0.2, -0.15) is 0 Å². The monoisotopic (exact) mass is 351 g/mol. The third-order valence-corrected chi connectivity index (χ3v) is 6.11. The maximum Gasteiger partial charge on any atom is 0.0786 e. The first kappa shape index (κ1) is 16.5. The molecule has 0 atom stereocenters. The third kappa shape index (κ3) is 2.82. The number of hydrogen-bond donors (Lipinski definition) is 0. The second-order valence-corrected chi connectivity index (χ2v) is 8.12. The highest BCUT2D eigenvalue weighted by Crippen LogP contribution is 2.40. The minimum atomic E-state index is 0.715. The zero-order valence-corrected chi connectivity index (χ0v) is 16.1. The van der Waals surface area contributed by atoms with Crippen molar-refractivity contribution < 1.29 is 0 Å². The minimum absolute atomic E-state index is 0.715. The van der Waals surface area contributed by atoms with Crippen LogP contribution in [0.25, 0.3) is 32.8 Å². The Hall–Kier alpha value is -2.67. The third-order valence-electron chi connectivity index (χ3n) is 6.11. The molecule has 27 heavy (non-hydrogen) atoms. The van der Waals surface area contributed by atoms with E-state index in [1.807, 2.05) is 6.20 Å². The van der Waals surface area contributed by atoms with Crippen molar-refractivity contribution in [2.24, 2.45) is 0 Å². The molecule has 1 heterocycles. The molecule has 5 rings (SSSR count). The molecule has 1 nitrogen and oxygen atoms in total. The van der Waals surface area contributed by atoms with Gasteiger partial charge in [-0.25, -0.2) is 0 Å². The molecule has 134 valence electrons. The van der Waals surface area contributed by atoms with E-state index in [1.54, 1.807) is 0 Å². The molecule has 0 radical (unpaired) electrons. The molecule has 1 saturated carbocycles. The zero-order chi connectivity index (χ0) is 18.4. The van der Waals surface area contributed by atoms with Crippen molar-refractivity contribution in [2.45, 2.75) is 45.4 Å². The molecule has 1 aliphatic rings. The summed E-state index contributed by atoms with van der Waals surface area (Å²) in [6.45, 7) is 4.33. The lowest BCUT2D eigenvalue weighted by Gasteiger charge is -2.16. The summed E-state index contributed by atoms with van der Waals surface area (Å²) in [5, 5.41) is 5.32. The van der Waals surface area contributed by atoms with E-state index in [1.165, 1.54) is 69.5 Å². The summed E-state index contributed by atoms with van der Waals surface area (Å²) >= 11 is 0. The molecule has 0 spiro atoms. The van der Waals surface area contributed by atoms with Crippen molar-refractivity contribution in [2.75, 3.05) is 0 Å². The molecule has 4 aromatic rings. The molecule has 1 heteroatoms. The van der Waals surface area contributed by atoms with E-state index >= 15 is 0 Å². The lowest BCUT2D eigenvalue weighted by Crippen LogP contribution is -1.95. The summed E-state index contributed by atoms with van der Waals surface area (Å²) in [6, 6.07) is 20.4. The van der Waals surface area contributed by atoms with Crippen molar-refractivity contribution >= 4 is 21.5 Å². The predicted octanol–water partition coefficient (Wildman–Crippen LogP) is 7.33. The van der Waals surface area contributed by atoms with Gasteiger partial charge in [0.25, 0.3) is 0 Å². The maximum atomic E-state index is 4.84. The molecule has 1 aromatic heterocycles. The van der Waals surface area contributed by atoms with Gasteiger partial charge in [0.15, 0.2) is 0 Å². The fraction of sp³-hybridized carbons (Fsp3) is 0.269. The van der Waals surface area contributed by atoms with Crippen LogP contribution >= 0.6 is 0 Å². The zero-order valence-electron chi connectivity index (χ0n) is 16.1. The van der Waals surface area contributed by atoms with E-state index in [0.29, 0.717) is 5.92 Å². The normalized spacial score (nSPS) is 15.0. The van der Waals surface area contributed by atoms with Crippen molar-refractivity contribution in [3.05, 3.63) is 77.5 Å². The number of benzene rings is 3. The molecule has 1 aliphatic carbocycles. The fourth-order valence-corrected chi connectivity index (χ4v) is 4.98. The highest BCUT2D eigenvalue weighted by Gasteiger charge is 2.20. The van der Waals surface area contributed by atoms with Crippen molar-refractivity contribution in [3.63, 3.8) is 0 Å². The van der Waals surface area contributed by atoms with Gasteiger partial charge in [0, 0.05) is 17.1 Å². The molecular formula is C26H25N. The Morgan fingerprint density at radius 1 is 0.815 bits per heavy atom. The second-order valence-electron chi connectivity index (χ2n) is 8.12. The van der Waals surface area contributed by atoms with Crippen LogP contribution in [0.1, 0.15) is 48.3 Å². The van der Waals surface area contributed by atoms with Crippen LogP contribution in [0.4, 0.5) is 0 Å². The van der Waals surface area contributed by atoms with Crippen LogP contribution in [-0.4, -0.2) is 4.98 Å². The molecule has 3 aromatic carbocycles. The van der Waals surface area contributed by atoms with Gasteiger partial charge in [-0.05, 0) is 72.5 Å². The first-order valence-corrected chi connectivity index (χ1v) is 10.1. The number of nitrogens with zero attached hydrogens (tertiary/aromatic N) is 1. The molecule has 1 fully saturated rings.